The lowest BCUT2D eigenvalue weighted by Gasteiger charge is -2.24. The van der Waals surface area contributed by atoms with Crippen molar-refractivity contribution in [1.29, 1.82) is 0 Å². The van der Waals surface area contributed by atoms with Gasteiger partial charge in [-0.15, -0.1) is 0 Å². The molecule has 13 heteroatoms. The fraction of sp³-hybridized carbons (Fsp3) is 0.500. The Morgan fingerprint density at radius 1 is 0.795 bits per heavy atom. The van der Waals surface area contributed by atoms with E-state index in [1.807, 2.05) is 0 Å². The van der Waals surface area contributed by atoms with E-state index in [1.165, 1.54) is 0 Å². The quantitative estimate of drug-likeness (QED) is 0.189. The summed E-state index contributed by atoms with van der Waals surface area (Å²) < 4.78 is 120. The van der Waals surface area contributed by atoms with Gasteiger partial charge in [-0.3, -0.25) is 4.79 Å². The second-order valence-corrected chi connectivity index (χ2v) is 21.0. The van der Waals surface area contributed by atoms with E-state index in [1.54, 1.807) is 39.3 Å². The number of aldehydes is 1. The number of carbonyl (C=O) groups excluding carboxylic acids is 1. The fourth-order valence-corrected chi connectivity index (χ4v) is 7.47. The zero-order valence-electron chi connectivity index (χ0n) is 22.5. The van der Waals surface area contributed by atoms with Crippen molar-refractivity contribution in [2.24, 2.45) is 0 Å². The van der Waals surface area contributed by atoms with E-state index in [4.69, 9.17) is 9.47 Å². The molecule has 1 aliphatic heterocycles. The summed E-state index contributed by atoms with van der Waals surface area (Å²) in [5.74, 6) is -3.76. The van der Waals surface area contributed by atoms with Crippen LogP contribution >= 0.6 is 0 Å². The molecular formula is C26H32F8O3Si2. The van der Waals surface area contributed by atoms with Crippen LogP contribution < -0.4 is 10.4 Å². The molecule has 3 rings (SSSR count). The molecule has 218 valence electrons. The van der Waals surface area contributed by atoms with Crippen LogP contribution in [0.25, 0.3) is 0 Å². The molecule has 0 spiro atoms. The van der Waals surface area contributed by atoms with Crippen LogP contribution in [-0.2, 0) is 9.47 Å². The number of hydrogen-bond acceptors (Lipinski definition) is 3. The summed E-state index contributed by atoms with van der Waals surface area (Å²) in [6.07, 6.45) is -5.33. The van der Waals surface area contributed by atoms with Crippen molar-refractivity contribution in [3.63, 3.8) is 0 Å². The topological polar surface area (TPSA) is 35.5 Å². The van der Waals surface area contributed by atoms with Crippen LogP contribution in [0.2, 0.25) is 39.3 Å². The third-order valence-corrected chi connectivity index (χ3v) is 9.89. The molecule has 0 N–H and O–H groups in total. The van der Waals surface area contributed by atoms with Crippen LogP contribution in [0, 0.1) is 23.3 Å². The van der Waals surface area contributed by atoms with E-state index in [-0.39, 0.29) is 35.4 Å². The van der Waals surface area contributed by atoms with Crippen molar-refractivity contribution < 1.29 is 49.4 Å². The molecule has 2 aromatic carbocycles. The van der Waals surface area contributed by atoms with E-state index < -0.39 is 88.1 Å². The molecule has 0 amide bonds. The molecule has 1 heterocycles. The van der Waals surface area contributed by atoms with Gasteiger partial charge in [0, 0.05) is 32.6 Å². The summed E-state index contributed by atoms with van der Waals surface area (Å²) in [6.45, 7) is 7.92. The van der Waals surface area contributed by atoms with Crippen molar-refractivity contribution in [2.75, 3.05) is 26.6 Å². The second kappa shape index (κ2) is 13.0. The van der Waals surface area contributed by atoms with Gasteiger partial charge in [-0.05, 0) is 12.1 Å². The lowest BCUT2D eigenvalue weighted by Crippen LogP contribution is -2.43. The van der Waals surface area contributed by atoms with E-state index in [9.17, 15) is 39.9 Å². The Labute approximate surface area is 224 Å². The molecule has 0 bridgehead atoms. The van der Waals surface area contributed by atoms with Gasteiger partial charge in [-0.25, -0.2) is 35.1 Å². The Hall–Kier alpha value is -2.10. The lowest BCUT2D eigenvalue weighted by atomic mass is 10.0. The highest BCUT2D eigenvalue weighted by Crippen LogP contribution is 2.34. The number of alkyl halides is 4. The number of hydrogen-bond donors (Lipinski definition) is 0. The van der Waals surface area contributed by atoms with E-state index in [0.29, 0.717) is 0 Å². The predicted octanol–water partition coefficient (Wildman–Crippen LogP) is 6.84. The Bertz CT molecular complexity index is 1180. The zero-order valence-corrected chi connectivity index (χ0v) is 24.5. The second-order valence-electron chi connectivity index (χ2n) is 11.0. The largest absolute Gasteiger partial charge is 0.346 e. The third-order valence-electron chi connectivity index (χ3n) is 5.98. The van der Waals surface area contributed by atoms with Gasteiger partial charge in [-0.1, -0.05) is 39.3 Å². The van der Waals surface area contributed by atoms with Crippen molar-refractivity contribution >= 4 is 32.8 Å². The normalized spacial score (nSPS) is 16.1. The highest BCUT2D eigenvalue weighted by molar-refractivity contribution is 6.89. The minimum atomic E-state index is -2.40. The number of carbonyl (C=O) groups is 1. The summed E-state index contributed by atoms with van der Waals surface area (Å²) in [7, 11) is -4.80. The first kappa shape index (κ1) is 33.1. The summed E-state index contributed by atoms with van der Waals surface area (Å²) in [5.41, 5.74) is -1.73. The molecule has 0 aromatic heterocycles. The summed E-state index contributed by atoms with van der Waals surface area (Å²) in [4.78, 5) is 10.7. The van der Waals surface area contributed by atoms with Crippen LogP contribution in [0.1, 0.15) is 45.7 Å². The Balaban J connectivity index is 0.000000277. The number of ether oxygens (including phenoxy) is 2. The molecule has 2 unspecified atom stereocenters. The lowest BCUT2D eigenvalue weighted by molar-refractivity contribution is -0.0459. The minimum Gasteiger partial charge on any atom is -0.346 e. The molecule has 1 fully saturated rings. The molecule has 39 heavy (non-hydrogen) atoms. The van der Waals surface area contributed by atoms with Crippen molar-refractivity contribution in [3.8, 4) is 0 Å². The first-order valence-electron chi connectivity index (χ1n) is 12.1. The maximum atomic E-state index is 14.7. The fourth-order valence-electron chi connectivity index (χ4n) is 4.30. The summed E-state index contributed by atoms with van der Waals surface area (Å²) >= 11 is 0. The molecule has 0 saturated carbocycles. The maximum Gasteiger partial charge on any atom is 0.184 e. The van der Waals surface area contributed by atoms with E-state index in [0.717, 1.165) is 12.1 Å². The van der Waals surface area contributed by atoms with E-state index >= 15 is 0 Å². The van der Waals surface area contributed by atoms with Crippen molar-refractivity contribution in [3.05, 3.63) is 57.7 Å². The first-order valence-corrected chi connectivity index (χ1v) is 19.1. The van der Waals surface area contributed by atoms with Gasteiger partial charge in [0.25, 0.3) is 0 Å². The highest BCUT2D eigenvalue weighted by atomic mass is 28.3. The Morgan fingerprint density at radius 3 is 1.62 bits per heavy atom. The molecule has 1 saturated heterocycles. The Morgan fingerprint density at radius 2 is 1.21 bits per heavy atom. The first-order chi connectivity index (χ1) is 18.0. The molecule has 0 radical (unpaired) electrons. The molecule has 0 aliphatic carbocycles. The predicted molar refractivity (Wildman–Crippen MR) is 138 cm³/mol. The minimum absolute atomic E-state index is 0.102. The van der Waals surface area contributed by atoms with Gasteiger partial charge in [0.05, 0.1) is 29.4 Å². The zero-order chi connectivity index (χ0) is 29.9. The van der Waals surface area contributed by atoms with Crippen molar-refractivity contribution in [1.82, 2.24) is 0 Å². The average Bonchev–Trinajstić information content (AvgIpc) is 3.36. The number of rotatable bonds is 8. The average molecular weight is 601 g/mol. The van der Waals surface area contributed by atoms with E-state index in [2.05, 4.69) is 0 Å². The monoisotopic (exact) mass is 600 g/mol. The highest BCUT2D eigenvalue weighted by Gasteiger charge is 2.35. The summed E-state index contributed by atoms with van der Waals surface area (Å²) in [5, 5.41) is -0.338. The molecule has 3 nitrogen and oxygen atoms in total. The van der Waals surface area contributed by atoms with Crippen molar-refractivity contribution in [2.45, 2.75) is 57.9 Å². The Kier molecular flexibility index (Phi) is 11.1. The smallest absolute Gasteiger partial charge is 0.184 e. The molecule has 2 atom stereocenters. The maximum absolute atomic E-state index is 14.7. The third kappa shape index (κ3) is 7.36. The number of benzene rings is 2. The van der Waals surface area contributed by atoms with Gasteiger partial charge in [0.15, 0.2) is 24.9 Å². The van der Waals surface area contributed by atoms with Gasteiger partial charge < -0.3 is 9.47 Å². The van der Waals surface area contributed by atoms with Gasteiger partial charge in [0.2, 0.25) is 0 Å². The van der Waals surface area contributed by atoms with Gasteiger partial charge >= 0.3 is 0 Å². The van der Waals surface area contributed by atoms with Crippen LogP contribution in [-0.4, -0.2) is 49.0 Å². The van der Waals surface area contributed by atoms with Gasteiger partial charge in [0.1, 0.15) is 36.6 Å². The molecular weight excluding hydrogens is 568 g/mol. The molecule has 2 aromatic rings. The SMILES string of the molecule is C[Si](C)(C)c1c(F)cc(C2OCCO2)c(C(F)CF)c1F.C[Si](C)(C)c1c(F)cc(C=O)c(C(F)CF)c1F. The van der Waals surface area contributed by atoms with Crippen LogP contribution in [0.4, 0.5) is 35.1 Å². The van der Waals surface area contributed by atoms with Gasteiger partial charge in [-0.2, -0.15) is 0 Å². The van der Waals surface area contributed by atoms with Crippen LogP contribution in [0.5, 0.6) is 0 Å². The van der Waals surface area contributed by atoms with Crippen LogP contribution in [0.3, 0.4) is 0 Å². The summed E-state index contributed by atoms with van der Waals surface area (Å²) in [6, 6.07) is 1.80. The standard InChI is InChI=1S/C14H18F4O2Si.C12H14F4OSi/c1-21(2,3)13-9(16)6-8(14-19-4-5-20-14)11(12(13)18)10(17)7-15;1-18(2,3)12-8(14)4-7(6-17)10(11(12)16)9(15)5-13/h6,10,14H,4-5,7H2,1-3H3;4,6,9H,5H2,1-3H3. The number of halogens is 8. The molecule has 1 aliphatic rings. The van der Waals surface area contributed by atoms with Crippen LogP contribution in [0.15, 0.2) is 12.1 Å².